The fraction of sp³-hybridized carbons (Fsp3) is 0.495. The molecular formula is C95H124B3Br3ClIKN23O15. The molecule has 754 valence electrons. The van der Waals surface area contributed by atoms with Crippen LogP contribution in [0.3, 0.4) is 0 Å². The molecule has 17 aliphatic rings. The number of carboxylic acid groups (broad SMARTS) is 1. The summed E-state index contributed by atoms with van der Waals surface area (Å²) >= 11 is 17.7. The Morgan fingerprint density at radius 1 is 0.472 bits per heavy atom. The number of aromatic carboxylic acids is 1. The summed E-state index contributed by atoms with van der Waals surface area (Å²) in [7, 11) is 5.94. The normalized spacial score (nSPS) is 24.1. The molecule has 0 unspecified atom stereocenters. The number of carbonyl (C=O) groups excluding carboxylic acids is 4. The quantitative estimate of drug-likeness (QED) is 0.0216. The zero-order valence-corrected chi connectivity index (χ0v) is 93.9. The third kappa shape index (κ3) is 27.0. The molecule has 10 bridgehead atoms. The first kappa shape index (κ1) is 114. The third-order valence-corrected chi connectivity index (χ3v) is 29.8. The fourth-order valence-electron chi connectivity index (χ4n) is 18.1. The van der Waals surface area contributed by atoms with E-state index < -0.39 is 32.7 Å². The molecule has 15 saturated carbocycles. The van der Waals surface area contributed by atoms with Crippen molar-refractivity contribution in [2.24, 2.45) is 35.3 Å². The Morgan fingerprint density at radius 2 is 0.789 bits per heavy atom. The number of halogens is 5. The Kier molecular flexibility index (Phi) is 37.0. The van der Waals surface area contributed by atoms with Gasteiger partial charge in [0.1, 0.15) is 57.9 Å². The molecule has 38 nitrogen and oxygen atoms in total. The smallest absolute Gasteiger partial charge is 0.850 e. The van der Waals surface area contributed by atoms with Crippen molar-refractivity contribution in [1.29, 1.82) is 0 Å². The number of methoxy groups -OCH3 is 2. The largest absolute Gasteiger partial charge is 1.00 e. The number of carboxylic acids is 1. The van der Waals surface area contributed by atoms with Gasteiger partial charge in [-0.3, -0.25) is 19.2 Å². The van der Waals surface area contributed by atoms with Crippen molar-refractivity contribution in [3.63, 3.8) is 0 Å². The summed E-state index contributed by atoms with van der Waals surface area (Å²) < 4.78 is 36.0. The van der Waals surface area contributed by atoms with E-state index in [0.717, 1.165) is 127 Å². The van der Waals surface area contributed by atoms with Crippen LogP contribution in [0.15, 0.2) is 136 Å². The van der Waals surface area contributed by atoms with E-state index in [1.165, 1.54) is 58.0 Å². The molecule has 18 N–H and O–H groups in total. The van der Waals surface area contributed by atoms with E-state index in [1.54, 1.807) is 119 Å². The van der Waals surface area contributed by atoms with Crippen LogP contribution in [-0.2, 0) is 18.6 Å². The molecule has 9 aromatic rings. The monoisotopic (exact) mass is 2300 g/mol. The molecule has 15 aliphatic carbocycles. The molecule has 0 spiro atoms. The predicted octanol–water partition coefficient (Wildman–Crippen LogP) is 9.97. The van der Waals surface area contributed by atoms with Gasteiger partial charge in [0.2, 0.25) is 0 Å². The van der Waals surface area contributed by atoms with E-state index in [-0.39, 0.29) is 165 Å². The second-order valence-electron chi connectivity index (χ2n) is 40.8. The van der Waals surface area contributed by atoms with Crippen molar-refractivity contribution in [1.82, 2.24) is 74.8 Å². The van der Waals surface area contributed by atoms with Crippen molar-refractivity contribution >= 4 is 191 Å². The first-order chi connectivity index (χ1) is 66.0. The second-order valence-corrected chi connectivity index (χ2v) is 44.0. The molecule has 142 heavy (non-hydrogen) atoms. The van der Waals surface area contributed by atoms with Crippen LogP contribution in [0.4, 0.5) is 52.4 Å². The van der Waals surface area contributed by atoms with E-state index in [2.05, 4.69) is 141 Å². The Balaban J connectivity index is 0.000000157. The summed E-state index contributed by atoms with van der Waals surface area (Å²) in [5, 5.41) is 46.7. The van der Waals surface area contributed by atoms with Crippen molar-refractivity contribution < 1.29 is 124 Å². The summed E-state index contributed by atoms with van der Waals surface area (Å²) in [5.74, 6) is 6.17. The number of carbonyl (C=O) groups is 5. The van der Waals surface area contributed by atoms with E-state index in [0.29, 0.717) is 66.8 Å². The molecule has 9 aromatic heterocycles. The Hall–Kier alpha value is -8.27. The van der Waals surface area contributed by atoms with Gasteiger partial charge in [-0.2, -0.15) is 9.97 Å². The number of alkyl halides is 1. The minimum Gasteiger partial charge on any atom is -0.850 e. The Morgan fingerprint density at radius 3 is 1.12 bits per heavy atom. The van der Waals surface area contributed by atoms with Gasteiger partial charge in [-0.05, 0) is 306 Å². The van der Waals surface area contributed by atoms with Crippen molar-refractivity contribution in [3.05, 3.63) is 169 Å². The van der Waals surface area contributed by atoms with Crippen LogP contribution in [0.2, 0.25) is 5.02 Å². The minimum absolute atomic E-state index is 0. The number of nitrogens with one attached hydrogen (secondary N) is 3. The van der Waals surface area contributed by atoms with Crippen molar-refractivity contribution in [3.8, 4) is 23.1 Å². The second kappa shape index (κ2) is 46.0. The molecule has 26 rings (SSSR count). The van der Waals surface area contributed by atoms with Gasteiger partial charge in [0.15, 0.2) is 0 Å². The van der Waals surface area contributed by atoms with Gasteiger partial charge in [0.25, 0.3) is 23.6 Å². The van der Waals surface area contributed by atoms with E-state index >= 15 is 0 Å². The van der Waals surface area contributed by atoms with Crippen molar-refractivity contribution in [2.45, 2.75) is 228 Å². The molecular weight excluding hydrogens is 2180 g/mol. The average molecular weight is 2300 g/mol. The number of hydrogen-bond acceptors (Lipinski definition) is 33. The Labute approximate surface area is 915 Å². The number of pyridine rings is 7. The van der Waals surface area contributed by atoms with E-state index in [1.807, 2.05) is 96.3 Å². The summed E-state index contributed by atoms with van der Waals surface area (Å²) in [6.07, 6.45) is 31.3. The summed E-state index contributed by atoms with van der Waals surface area (Å²) in [6.45, 7) is 21.1. The van der Waals surface area contributed by atoms with Gasteiger partial charge in [0, 0.05) is 134 Å². The van der Waals surface area contributed by atoms with Crippen LogP contribution in [0, 0.1) is 29.6 Å². The molecule has 4 amide bonds. The standard InChI is InChI=1S/C22H23N7O2.C12H24B2O4.C12H16BN3O3.C12H14BrN3O.C11H12BrN3O.C10H9ClN4O.C6H5BrN2O2.C5H9N.C4H9O.CH3I.K/c1-29(22-9-13(10-22)11-22)20(30)16-7-15(12-26-19(16)23)14-3-5-24-18(8-14)27-17-4-6-25-21(28-17)31-2;1-9(2)10(3,4)16-13(15-9)14-17-11(5,6)12(7,8)18-14;1-16(12-3-7(4-12)5-12)11(17)9-2-8(13(18)19)6-15-10(9)14;1-16(12-3-7(4-12)5-12)11(17)9-2-8(13)6-15-10(9)14;12-7-1-8(9(13)14-5-7)10(16)15-11-2-6(3-11)4-11;1-16-10-13-5-3-8(15-10)14-9-6-7(11)2-4-12-9;7-3-1-4(6(10)11)5(8)9-2-3;6-5-1-4(2-5)3-5;1-4(2,3)5;1-2;/h3-8,12-13H,9-11H2,1-2H3,(H2,23,26)(H,24,25,27,28);1-8H3;2,6-7,18-19H,3-5H2,1H3,(H2,14,15);2,6-7H,3-5H2,1H3,(H2,14,15);1,5-6H,2-4H2,(H2,13,14)(H,15,16);2-6H,1H3,(H,12,13,14,15);1-2H,(H2,8,9)(H,10,11);4H,1-3,6H2;1-3H3;1H3;/q;;;;;;;;-1;;+1. The number of nitrogen functional groups attached to an aromatic ring is 5. The number of aromatic nitrogens is 11. The van der Waals surface area contributed by atoms with Gasteiger partial charge in [-0.25, -0.2) is 49.7 Å². The van der Waals surface area contributed by atoms with Crippen LogP contribution in [0.25, 0.3) is 11.1 Å². The topological polar surface area (TPSA) is 568 Å². The van der Waals surface area contributed by atoms with E-state index in [9.17, 15) is 29.1 Å². The molecule has 47 heteroatoms. The summed E-state index contributed by atoms with van der Waals surface area (Å²) in [4.78, 5) is 112. The maximum absolute atomic E-state index is 13.1. The van der Waals surface area contributed by atoms with Gasteiger partial charge in [-0.15, -0.1) is 5.60 Å². The zero-order valence-electron chi connectivity index (χ0n) is 83.1. The number of nitrogens with zero attached hydrogens (tertiary/aromatic N) is 14. The number of hydrogen-bond donors (Lipinski definition) is 12. The SMILES string of the molecule is CC(C)(C)[O-].CC1(C)OB(B2OC(C)(C)C(C)(C)O2)OC1(C)C.CI.CN(C(=O)c1cc(B(O)O)cnc1N)C12CC(C1)C2.CN(C(=O)c1cc(Br)cnc1N)C12CC(C1)C2.COc1nccc(Nc2cc(-c3cnc(N)c(C(=O)N(C)C45CC(C4)C5)c3)ccn2)n1.COc1nccc(Nc2cc(Cl)ccn2)n1.NC12CC(C1)C2.Nc1ncc(Br)cc1C(=O)NC12CC(C1)C2.Nc1ncc(Br)cc1C(=O)O.[K+]. The van der Waals surface area contributed by atoms with Crippen LogP contribution < -0.4 is 122 Å². The maximum Gasteiger partial charge on any atom is 1.00 e. The number of nitrogens with two attached hydrogens (primary N) is 6. The van der Waals surface area contributed by atoms with Crippen LogP contribution in [0.1, 0.15) is 224 Å². The molecule has 2 aliphatic heterocycles. The van der Waals surface area contributed by atoms with Gasteiger partial charge in [0.05, 0.1) is 58.9 Å². The number of amides is 4. The molecule has 17 fully saturated rings. The first-order valence-corrected chi connectivity index (χ1v) is 50.9. The molecule has 2 saturated heterocycles. The van der Waals surface area contributed by atoms with Gasteiger partial charge >= 0.3 is 90.5 Å². The zero-order chi connectivity index (χ0) is 103. The van der Waals surface area contributed by atoms with Crippen LogP contribution in [0.5, 0.6) is 12.0 Å². The van der Waals surface area contributed by atoms with Crippen LogP contribution in [-0.4, -0.2) is 231 Å². The van der Waals surface area contributed by atoms with Crippen molar-refractivity contribution in [2.75, 3.05) is 79.6 Å². The third-order valence-electron chi connectivity index (χ3n) is 28.3. The average Bonchev–Trinajstić information content (AvgIpc) is 0.880. The summed E-state index contributed by atoms with van der Waals surface area (Å²) in [5.41, 5.74) is 36.1. The van der Waals surface area contributed by atoms with Gasteiger partial charge in [-0.1, -0.05) is 55.0 Å². The summed E-state index contributed by atoms with van der Waals surface area (Å²) in [6, 6.07) is 19.2. The fourth-order valence-corrected chi connectivity index (χ4v) is 19.3. The number of anilines is 9. The van der Waals surface area contributed by atoms with Crippen LogP contribution >= 0.6 is 82.0 Å². The number of rotatable bonds is 18. The van der Waals surface area contributed by atoms with Gasteiger partial charge < -0.3 is 113 Å². The first-order valence-electron chi connectivity index (χ1n) is 46.0. The predicted molar refractivity (Wildman–Crippen MR) is 559 cm³/mol. The number of ether oxygens (including phenoxy) is 2. The van der Waals surface area contributed by atoms with E-state index in [4.69, 9.17) is 89.2 Å². The molecule has 0 atom stereocenters. The molecule has 0 radical (unpaired) electrons. The Bertz CT molecular complexity index is 5920. The molecule has 11 heterocycles. The minimum atomic E-state index is -1.65. The maximum atomic E-state index is 13.1. The molecule has 0 aromatic carbocycles.